The van der Waals surface area contributed by atoms with Crippen molar-refractivity contribution in [2.24, 2.45) is 0 Å². The lowest BCUT2D eigenvalue weighted by atomic mass is 10.1. The second kappa shape index (κ2) is 39.4. The Kier molecular flexibility index (Phi) is 37.5. The largest absolute Gasteiger partial charge is 0.462 e. The number of rotatable bonds is 37. The average Bonchev–Trinajstić information content (AvgIpc) is 3.11. The van der Waals surface area contributed by atoms with Crippen LogP contribution in [-0.4, -0.2) is 37.2 Å². The molecule has 0 saturated heterocycles. The van der Waals surface area contributed by atoms with Gasteiger partial charge in [-0.05, 0) is 64.2 Å². The molecule has 6 nitrogen and oxygen atoms in total. The smallest absolute Gasteiger partial charge is 0.306 e. The standard InChI is InChI=1S/C44H78O6/c1-4-7-10-13-16-19-21-22-23-24-26-28-31-34-37-43(46)49-40-41(39-48-42(45)36-33-30-27-18-15-12-9-6-3)50-44(47)38-35-32-29-25-20-17-14-11-8-5-2/h11,13-14,16,21-22,41H,4-10,12,15,17-20,23-40H2,1-3H3/b14-11-,16-13-,22-21-. The van der Waals surface area contributed by atoms with Gasteiger partial charge >= 0.3 is 17.9 Å². The molecule has 0 aliphatic heterocycles. The van der Waals surface area contributed by atoms with Crippen molar-refractivity contribution >= 4 is 17.9 Å². The Morgan fingerprint density at radius 2 is 0.780 bits per heavy atom. The Hall–Kier alpha value is -2.37. The van der Waals surface area contributed by atoms with E-state index < -0.39 is 6.10 Å². The number of ether oxygens (including phenoxy) is 3. The Morgan fingerprint density at radius 3 is 1.26 bits per heavy atom. The van der Waals surface area contributed by atoms with Crippen LogP contribution in [0, 0.1) is 0 Å². The molecule has 0 aromatic heterocycles. The van der Waals surface area contributed by atoms with Crippen LogP contribution in [0.15, 0.2) is 36.5 Å². The summed E-state index contributed by atoms with van der Waals surface area (Å²) in [5.41, 5.74) is 0. The number of carbonyl (C=O) groups excluding carboxylic acids is 3. The van der Waals surface area contributed by atoms with Gasteiger partial charge in [-0.1, -0.05) is 160 Å². The van der Waals surface area contributed by atoms with Crippen LogP contribution in [0.5, 0.6) is 0 Å². The van der Waals surface area contributed by atoms with E-state index in [1.807, 2.05) is 0 Å². The molecule has 290 valence electrons. The van der Waals surface area contributed by atoms with Gasteiger partial charge in [0.15, 0.2) is 6.10 Å². The van der Waals surface area contributed by atoms with Crippen LogP contribution in [-0.2, 0) is 28.6 Å². The summed E-state index contributed by atoms with van der Waals surface area (Å²) in [6.07, 6.45) is 42.7. The Labute approximate surface area is 308 Å². The van der Waals surface area contributed by atoms with Gasteiger partial charge < -0.3 is 14.2 Å². The minimum absolute atomic E-state index is 0.0794. The second-order valence-corrected chi connectivity index (χ2v) is 13.9. The summed E-state index contributed by atoms with van der Waals surface area (Å²) >= 11 is 0. The van der Waals surface area contributed by atoms with E-state index in [1.165, 1.54) is 70.6 Å². The van der Waals surface area contributed by atoms with Crippen LogP contribution in [0.4, 0.5) is 0 Å². The number of carbonyl (C=O) groups is 3. The summed E-state index contributed by atoms with van der Waals surface area (Å²) in [6.45, 7) is 6.47. The summed E-state index contributed by atoms with van der Waals surface area (Å²) in [6, 6.07) is 0. The van der Waals surface area contributed by atoms with Gasteiger partial charge in [0.05, 0.1) is 0 Å². The molecule has 0 bridgehead atoms. The minimum Gasteiger partial charge on any atom is -0.462 e. The molecule has 0 amide bonds. The summed E-state index contributed by atoms with van der Waals surface area (Å²) < 4.78 is 16.6. The molecule has 0 N–H and O–H groups in total. The lowest BCUT2D eigenvalue weighted by Gasteiger charge is -2.18. The topological polar surface area (TPSA) is 78.9 Å². The third-order valence-corrected chi connectivity index (χ3v) is 8.85. The maximum atomic E-state index is 12.6. The zero-order valence-corrected chi connectivity index (χ0v) is 32.9. The van der Waals surface area contributed by atoms with Crippen molar-refractivity contribution < 1.29 is 28.6 Å². The van der Waals surface area contributed by atoms with Gasteiger partial charge in [-0.3, -0.25) is 14.4 Å². The number of hydrogen-bond donors (Lipinski definition) is 0. The maximum Gasteiger partial charge on any atom is 0.306 e. The number of esters is 3. The molecule has 0 aromatic rings. The van der Waals surface area contributed by atoms with Crippen LogP contribution in [0.1, 0.15) is 207 Å². The van der Waals surface area contributed by atoms with E-state index in [1.54, 1.807) is 0 Å². The first-order valence-electron chi connectivity index (χ1n) is 21.0. The average molecular weight is 703 g/mol. The van der Waals surface area contributed by atoms with Crippen LogP contribution in [0.25, 0.3) is 0 Å². The van der Waals surface area contributed by atoms with E-state index in [9.17, 15) is 14.4 Å². The quantitative estimate of drug-likeness (QED) is 0.0277. The van der Waals surface area contributed by atoms with Crippen molar-refractivity contribution in [1.29, 1.82) is 0 Å². The Balaban J connectivity index is 4.36. The molecule has 1 unspecified atom stereocenters. The molecule has 0 aliphatic rings. The minimum atomic E-state index is -0.774. The van der Waals surface area contributed by atoms with Crippen molar-refractivity contribution in [3.63, 3.8) is 0 Å². The molecule has 0 radical (unpaired) electrons. The molecular formula is C44H78O6. The molecular weight excluding hydrogens is 624 g/mol. The molecule has 50 heavy (non-hydrogen) atoms. The third kappa shape index (κ3) is 36.9. The highest BCUT2D eigenvalue weighted by atomic mass is 16.6. The predicted molar refractivity (Wildman–Crippen MR) is 210 cm³/mol. The normalized spacial score (nSPS) is 12.3. The predicted octanol–water partition coefficient (Wildman–Crippen LogP) is 13.0. The van der Waals surface area contributed by atoms with Gasteiger partial charge in [-0.2, -0.15) is 0 Å². The first-order chi connectivity index (χ1) is 24.5. The SMILES string of the molecule is CCC/C=C\CCCCCCCC(=O)OC(COC(=O)CCCCCCC/C=C\C/C=C\CCCC)COC(=O)CCCCCCCCCC. The van der Waals surface area contributed by atoms with Crippen molar-refractivity contribution in [3.8, 4) is 0 Å². The molecule has 0 saturated carbocycles. The fraction of sp³-hybridized carbons (Fsp3) is 0.795. The third-order valence-electron chi connectivity index (χ3n) is 8.85. The number of allylic oxidation sites excluding steroid dienone is 6. The van der Waals surface area contributed by atoms with Gasteiger partial charge in [0, 0.05) is 19.3 Å². The monoisotopic (exact) mass is 703 g/mol. The molecule has 0 aromatic carbocycles. The summed E-state index contributed by atoms with van der Waals surface area (Å²) in [5.74, 6) is -0.913. The van der Waals surface area contributed by atoms with Crippen LogP contribution >= 0.6 is 0 Å². The number of unbranched alkanes of at least 4 members (excludes halogenated alkanes) is 20. The molecule has 0 heterocycles. The first-order valence-corrected chi connectivity index (χ1v) is 21.0. The first kappa shape index (κ1) is 47.6. The molecule has 6 heteroatoms. The zero-order chi connectivity index (χ0) is 36.6. The second-order valence-electron chi connectivity index (χ2n) is 13.9. The highest BCUT2D eigenvalue weighted by Crippen LogP contribution is 2.13. The molecule has 0 spiro atoms. The Bertz CT molecular complexity index is 861. The maximum absolute atomic E-state index is 12.6. The van der Waals surface area contributed by atoms with E-state index in [2.05, 4.69) is 57.2 Å². The highest BCUT2D eigenvalue weighted by molar-refractivity contribution is 5.71. The van der Waals surface area contributed by atoms with E-state index in [0.717, 1.165) is 96.3 Å². The van der Waals surface area contributed by atoms with Crippen LogP contribution < -0.4 is 0 Å². The van der Waals surface area contributed by atoms with Crippen LogP contribution in [0.3, 0.4) is 0 Å². The van der Waals surface area contributed by atoms with E-state index in [-0.39, 0.29) is 31.1 Å². The van der Waals surface area contributed by atoms with E-state index in [0.29, 0.717) is 19.3 Å². The van der Waals surface area contributed by atoms with E-state index >= 15 is 0 Å². The van der Waals surface area contributed by atoms with Crippen molar-refractivity contribution in [2.75, 3.05) is 13.2 Å². The fourth-order valence-corrected chi connectivity index (χ4v) is 5.64. The van der Waals surface area contributed by atoms with E-state index in [4.69, 9.17) is 14.2 Å². The van der Waals surface area contributed by atoms with Gasteiger partial charge in [0.2, 0.25) is 0 Å². The van der Waals surface area contributed by atoms with Gasteiger partial charge in [-0.25, -0.2) is 0 Å². The molecule has 0 rings (SSSR count). The fourth-order valence-electron chi connectivity index (χ4n) is 5.64. The van der Waals surface area contributed by atoms with Crippen LogP contribution in [0.2, 0.25) is 0 Å². The Morgan fingerprint density at radius 1 is 0.400 bits per heavy atom. The highest BCUT2D eigenvalue weighted by Gasteiger charge is 2.19. The van der Waals surface area contributed by atoms with Crippen molar-refractivity contribution in [2.45, 2.75) is 213 Å². The van der Waals surface area contributed by atoms with Gasteiger partial charge in [0.25, 0.3) is 0 Å². The molecule has 1 atom stereocenters. The zero-order valence-electron chi connectivity index (χ0n) is 32.9. The van der Waals surface area contributed by atoms with Crippen molar-refractivity contribution in [3.05, 3.63) is 36.5 Å². The lowest BCUT2D eigenvalue weighted by molar-refractivity contribution is -0.167. The molecule has 0 fully saturated rings. The summed E-state index contributed by atoms with van der Waals surface area (Å²) in [5, 5.41) is 0. The number of hydrogen-bond acceptors (Lipinski definition) is 6. The summed E-state index contributed by atoms with van der Waals surface area (Å²) in [4.78, 5) is 37.5. The molecule has 0 aliphatic carbocycles. The van der Waals surface area contributed by atoms with Gasteiger partial charge in [-0.15, -0.1) is 0 Å². The van der Waals surface area contributed by atoms with Crippen molar-refractivity contribution in [1.82, 2.24) is 0 Å². The van der Waals surface area contributed by atoms with Gasteiger partial charge in [0.1, 0.15) is 13.2 Å². The summed E-state index contributed by atoms with van der Waals surface area (Å²) in [7, 11) is 0. The lowest BCUT2D eigenvalue weighted by Crippen LogP contribution is -2.30.